The number of aliphatic carboxylic acids is 1. The van der Waals surface area contributed by atoms with Crippen molar-refractivity contribution in [2.75, 3.05) is 10.6 Å². The highest BCUT2D eigenvalue weighted by Gasteiger charge is 2.37. The van der Waals surface area contributed by atoms with Gasteiger partial charge in [0, 0.05) is 24.2 Å². The maximum atomic E-state index is 12.0. The van der Waals surface area contributed by atoms with Crippen molar-refractivity contribution in [3.63, 3.8) is 0 Å². The first-order valence-electron chi connectivity index (χ1n) is 7.48. The van der Waals surface area contributed by atoms with Gasteiger partial charge in [0.15, 0.2) is 0 Å². The van der Waals surface area contributed by atoms with Crippen LogP contribution in [0.3, 0.4) is 0 Å². The zero-order valence-electron chi connectivity index (χ0n) is 12.1. The molecule has 22 heavy (non-hydrogen) atoms. The molecule has 6 nitrogen and oxygen atoms in total. The first-order chi connectivity index (χ1) is 10.5. The van der Waals surface area contributed by atoms with Gasteiger partial charge >= 0.3 is 5.97 Å². The Morgan fingerprint density at radius 3 is 2.77 bits per heavy atom. The Kier molecular flexibility index (Phi) is 3.83. The molecule has 2 aliphatic rings. The topological polar surface area (TPSA) is 95.5 Å². The first kappa shape index (κ1) is 14.6. The maximum absolute atomic E-state index is 12.0. The normalized spacial score (nSPS) is 23.0. The van der Waals surface area contributed by atoms with Gasteiger partial charge in [-0.15, -0.1) is 0 Å². The molecule has 0 bridgehead atoms. The zero-order chi connectivity index (χ0) is 15.7. The van der Waals surface area contributed by atoms with E-state index in [1.54, 1.807) is 12.1 Å². The van der Waals surface area contributed by atoms with Crippen LogP contribution in [-0.4, -0.2) is 22.9 Å². The maximum Gasteiger partial charge on any atom is 0.306 e. The van der Waals surface area contributed by atoms with Crippen LogP contribution in [0.1, 0.15) is 31.2 Å². The number of anilines is 2. The van der Waals surface area contributed by atoms with E-state index < -0.39 is 5.97 Å². The van der Waals surface area contributed by atoms with Gasteiger partial charge in [-0.05, 0) is 48.9 Å². The zero-order valence-corrected chi connectivity index (χ0v) is 12.1. The predicted molar refractivity (Wildman–Crippen MR) is 80.5 cm³/mol. The van der Waals surface area contributed by atoms with E-state index in [-0.39, 0.29) is 30.1 Å². The number of carboxylic acids is 1. The predicted octanol–water partition coefficient (Wildman–Crippen LogP) is 2.01. The molecule has 0 saturated heterocycles. The minimum Gasteiger partial charge on any atom is -0.481 e. The van der Waals surface area contributed by atoms with E-state index in [0.717, 1.165) is 17.7 Å². The third-order valence-corrected chi connectivity index (χ3v) is 4.47. The second kappa shape index (κ2) is 5.79. The van der Waals surface area contributed by atoms with Crippen LogP contribution in [0.5, 0.6) is 0 Å². The molecule has 1 saturated carbocycles. The van der Waals surface area contributed by atoms with Crippen LogP contribution in [0.4, 0.5) is 11.4 Å². The number of nitrogens with one attached hydrogen (secondary N) is 2. The van der Waals surface area contributed by atoms with Crippen molar-refractivity contribution in [2.45, 2.75) is 32.1 Å². The van der Waals surface area contributed by atoms with E-state index in [4.69, 9.17) is 5.11 Å². The summed E-state index contributed by atoms with van der Waals surface area (Å²) in [5.74, 6) is -1.41. The third kappa shape index (κ3) is 2.95. The summed E-state index contributed by atoms with van der Waals surface area (Å²) < 4.78 is 0. The highest BCUT2D eigenvalue weighted by Crippen LogP contribution is 2.37. The lowest BCUT2D eigenvalue weighted by molar-refractivity contribution is -0.148. The van der Waals surface area contributed by atoms with E-state index in [0.29, 0.717) is 24.9 Å². The van der Waals surface area contributed by atoms with Gasteiger partial charge in [0.1, 0.15) is 0 Å². The fourth-order valence-corrected chi connectivity index (χ4v) is 3.05. The molecule has 116 valence electrons. The monoisotopic (exact) mass is 302 g/mol. The number of hydrogen-bond donors (Lipinski definition) is 3. The summed E-state index contributed by atoms with van der Waals surface area (Å²) >= 11 is 0. The van der Waals surface area contributed by atoms with E-state index in [9.17, 15) is 14.4 Å². The molecule has 0 aromatic heterocycles. The number of carbonyl (C=O) groups is 3. The molecule has 1 aliphatic heterocycles. The van der Waals surface area contributed by atoms with Crippen molar-refractivity contribution in [3.8, 4) is 0 Å². The SMILES string of the molecule is O=C(C[C@H]1CC[C@H]1C(=O)O)Nc1ccc2c(c1)CCC(=O)N2. The Balaban J connectivity index is 1.60. The van der Waals surface area contributed by atoms with Crippen molar-refractivity contribution in [2.24, 2.45) is 11.8 Å². The summed E-state index contributed by atoms with van der Waals surface area (Å²) in [4.78, 5) is 34.3. The Hall–Kier alpha value is -2.37. The van der Waals surface area contributed by atoms with Gasteiger partial charge in [0.05, 0.1) is 5.92 Å². The van der Waals surface area contributed by atoms with Gasteiger partial charge < -0.3 is 15.7 Å². The van der Waals surface area contributed by atoms with Crippen LogP contribution in [0.25, 0.3) is 0 Å². The fraction of sp³-hybridized carbons (Fsp3) is 0.438. The molecule has 1 aliphatic carbocycles. The first-order valence-corrected chi connectivity index (χ1v) is 7.48. The second-order valence-corrected chi connectivity index (χ2v) is 5.95. The summed E-state index contributed by atoms with van der Waals surface area (Å²) in [5.41, 5.74) is 2.48. The van der Waals surface area contributed by atoms with Crippen molar-refractivity contribution in [3.05, 3.63) is 23.8 Å². The molecule has 2 amide bonds. The van der Waals surface area contributed by atoms with Gasteiger partial charge in [0.25, 0.3) is 0 Å². The molecule has 3 N–H and O–H groups in total. The molecule has 1 aromatic carbocycles. The molecule has 0 unspecified atom stereocenters. The molecule has 3 rings (SSSR count). The van der Waals surface area contributed by atoms with Gasteiger partial charge in [0.2, 0.25) is 11.8 Å². The Morgan fingerprint density at radius 2 is 2.09 bits per heavy atom. The minimum atomic E-state index is -0.812. The molecule has 1 fully saturated rings. The molecule has 2 atom stereocenters. The van der Waals surface area contributed by atoms with Crippen molar-refractivity contribution in [1.29, 1.82) is 0 Å². The summed E-state index contributed by atoms with van der Waals surface area (Å²) in [6.07, 6.45) is 2.80. The third-order valence-electron chi connectivity index (χ3n) is 4.47. The Labute approximate surface area is 127 Å². The Bertz CT molecular complexity index is 641. The number of benzene rings is 1. The Morgan fingerprint density at radius 1 is 1.27 bits per heavy atom. The van der Waals surface area contributed by atoms with Crippen LogP contribution in [-0.2, 0) is 20.8 Å². The van der Waals surface area contributed by atoms with Crippen LogP contribution >= 0.6 is 0 Å². The van der Waals surface area contributed by atoms with Crippen LogP contribution in [0.2, 0.25) is 0 Å². The lowest BCUT2D eigenvalue weighted by Gasteiger charge is -2.32. The van der Waals surface area contributed by atoms with Crippen molar-refractivity contribution < 1.29 is 19.5 Å². The van der Waals surface area contributed by atoms with Crippen LogP contribution in [0.15, 0.2) is 18.2 Å². The number of hydrogen-bond acceptors (Lipinski definition) is 3. The second-order valence-electron chi connectivity index (χ2n) is 5.95. The van der Waals surface area contributed by atoms with E-state index >= 15 is 0 Å². The highest BCUT2D eigenvalue weighted by atomic mass is 16.4. The van der Waals surface area contributed by atoms with Crippen LogP contribution in [0, 0.1) is 11.8 Å². The molecular formula is C16H18N2O4. The number of carbonyl (C=O) groups excluding carboxylic acids is 2. The highest BCUT2D eigenvalue weighted by molar-refractivity contribution is 5.95. The van der Waals surface area contributed by atoms with Gasteiger partial charge in [-0.3, -0.25) is 14.4 Å². The van der Waals surface area contributed by atoms with E-state index in [1.165, 1.54) is 0 Å². The largest absolute Gasteiger partial charge is 0.481 e. The summed E-state index contributed by atoms with van der Waals surface area (Å²) in [6, 6.07) is 5.39. The number of aryl methyl sites for hydroxylation is 1. The molecule has 6 heteroatoms. The standard InChI is InChI=1S/C16H18N2O4/c19-14-6-2-10-7-11(3-5-13(10)18-14)17-15(20)8-9-1-4-12(9)16(21)22/h3,5,7,9,12H,1-2,4,6,8H2,(H,17,20)(H,18,19)(H,21,22)/t9-,12-/m1/s1. The summed E-state index contributed by atoms with van der Waals surface area (Å²) in [7, 11) is 0. The average Bonchev–Trinajstić information content (AvgIpc) is 2.43. The van der Waals surface area contributed by atoms with E-state index in [2.05, 4.69) is 10.6 Å². The number of amides is 2. The molecule has 0 spiro atoms. The lowest BCUT2D eigenvalue weighted by atomic mass is 9.72. The van der Waals surface area contributed by atoms with Gasteiger partial charge in [-0.2, -0.15) is 0 Å². The molecule has 0 radical (unpaired) electrons. The number of fused-ring (bicyclic) bond motifs is 1. The van der Waals surface area contributed by atoms with Gasteiger partial charge in [-0.25, -0.2) is 0 Å². The van der Waals surface area contributed by atoms with Crippen molar-refractivity contribution in [1.82, 2.24) is 0 Å². The fourth-order valence-electron chi connectivity index (χ4n) is 3.05. The number of rotatable bonds is 4. The van der Waals surface area contributed by atoms with Gasteiger partial charge in [-0.1, -0.05) is 0 Å². The van der Waals surface area contributed by atoms with Crippen LogP contribution < -0.4 is 10.6 Å². The summed E-state index contributed by atoms with van der Waals surface area (Å²) in [5, 5.41) is 14.6. The smallest absolute Gasteiger partial charge is 0.306 e. The molecular weight excluding hydrogens is 284 g/mol. The summed E-state index contributed by atoms with van der Waals surface area (Å²) in [6.45, 7) is 0. The number of carboxylic acid groups (broad SMARTS) is 1. The molecule has 1 heterocycles. The quantitative estimate of drug-likeness (QED) is 0.792. The van der Waals surface area contributed by atoms with E-state index in [1.807, 2.05) is 6.07 Å². The lowest BCUT2D eigenvalue weighted by Crippen LogP contribution is -2.35. The molecule has 1 aromatic rings. The average molecular weight is 302 g/mol. The minimum absolute atomic E-state index is 0.00832. The van der Waals surface area contributed by atoms with Crippen molar-refractivity contribution >= 4 is 29.2 Å².